The van der Waals surface area contributed by atoms with E-state index in [0.717, 1.165) is 25.9 Å². The van der Waals surface area contributed by atoms with Crippen LogP contribution in [0, 0.1) is 5.92 Å². The van der Waals surface area contributed by atoms with E-state index in [1.54, 1.807) is 0 Å². The van der Waals surface area contributed by atoms with E-state index in [1.165, 1.54) is 5.56 Å². The number of carbonyl (C=O) groups excluding carboxylic acids is 1. The van der Waals surface area contributed by atoms with Gasteiger partial charge in [-0.1, -0.05) is 30.3 Å². The molecule has 4 heteroatoms. The van der Waals surface area contributed by atoms with Crippen molar-refractivity contribution in [2.24, 2.45) is 5.92 Å². The Labute approximate surface area is 140 Å². The molecule has 1 amide bonds. The summed E-state index contributed by atoms with van der Waals surface area (Å²) in [4.78, 5) is 14.2. The zero-order chi connectivity index (χ0) is 16.9. The summed E-state index contributed by atoms with van der Waals surface area (Å²) in [6, 6.07) is 11.1. The molecule has 1 fully saturated rings. The SMILES string of the molecule is CC(c1ccccc1)N1CCC(CNC(=O)OC(C)(C)C)CC1. The maximum atomic E-state index is 11.7. The Morgan fingerprint density at radius 3 is 2.43 bits per heavy atom. The van der Waals surface area contributed by atoms with Crippen molar-refractivity contribution < 1.29 is 9.53 Å². The second kappa shape index (κ2) is 7.82. The number of hydrogen-bond donors (Lipinski definition) is 1. The fraction of sp³-hybridized carbons (Fsp3) is 0.632. The van der Waals surface area contributed by atoms with Crippen LogP contribution in [0.5, 0.6) is 0 Å². The maximum absolute atomic E-state index is 11.7. The number of amides is 1. The third kappa shape index (κ3) is 5.87. The van der Waals surface area contributed by atoms with E-state index in [4.69, 9.17) is 4.74 Å². The van der Waals surface area contributed by atoms with Gasteiger partial charge in [-0.25, -0.2) is 4.79 Å². The van der Waals surface area contributed by atoms with E-state index in [2.05, 4.69) is 47.5 Å². The lowest BCUT2D eigenvalue weighted by Crippen LogP contribution is -2.41. The van der Waals surface area contributed by atoms with E-state index in [9.17, 15) is 4.79 Å². The van der Waals surface area contributed by atoms with Crippen LogP contribution < -0.4 is 5.32 Å². The van der Waals surface area contributed by atoms with Gasteiger partial charge in [0.2, 0.25) is 0 Å². The highest BCUT2D eigenvalue weighted by Gasteiger charge is 2.24. The van der Waals surface area contributed by atoms with Crippen molar-refractivity contribution in [3.8, 4) is 0 Å². The fourth-order valence-electron chi connectivity index (χ4n) is 3.03. The van der Waals surface area contributed by atoms with Gasteiger partial charge >= 0.3 is 6.09 Å². The maximum Gasteiger partial charge on any atom is 0.407 e. The van der Waals surface area contributed by atoms with Gasteiger partial charge in [-0.3, -0.25) is 4.90 Å². The van der Waals surface area contributed by atoms with Gasteiger partial charge in [0.05, 0.1) is 0 Å². The molecule has 4 nitrogen and oxygen atoms in total. The van der Waals surface area contributed by atoms with E-state index in [-0.39, 0.29) is 6.09 Å². The summed E-state index contributed by atoms with van der Waals surface area (Å²) in [5, 5.41) is 2.90. The van der Waals surface area contributed by atoms with Crippen molar-refractivity contribution >= 4 is 6.09 Å². The molecule has 1 aromatic rings. The van der Waals surface area contributed by atoms with Gasteiger partial charge in [-0.2, -0.15) is 0 Å². The molecule has 1 atom stereocenters. The molecule has 1 saturated heterocycles. The Morgan fingerprint density at radius 2 is 1.87 bits per heavy atom. The molecule has 0 bridgehead atoms. The summed E-state index contributed by atoms with van der Waals surface area (Å²) >= 11 is 0. The number of piperidine rings is 1. The van der Waals surface area contributed by atoms with E-state index >= 15 is 0 Å². The predicted octanol–water partition coefficient (Wildman–Crippen LogP) is 3.98. The van der Waals surface area contributed by atoms with Gasteiger partial charge in [0.1, 0.15) is 5.60 Å². The lowest BCUT2D eigenvalue weighted by Gasteiger charge is -2.36. The Morgan fingerprint density at radius 1 is 1.26 bits per heavy atom. The van der Waals surface area contributed by atoms with Crippen LogP contribution in [-0.2, 0) is 4.74 Å². The largest absolute Gasteiger partial charge is 0.444 e. The zero-order valence-electron chi connectivity index (χ0n) is 14.8. The van der Waals surface area contributed by atoms with E-state index in [0.29, 0.717) is 18.5 Å². The summed E-state index contributed by atoms with van der Waals surface area (Å²) in [6.07, 6.45) is 1.93. The third-order valence-electron chi connectivity index (χ3n) is 4.41. The van der Waals surface area contributed by atoms with Crippen LogP contribution in [-0.4, -0.2) is 36.2 Å². The number of carbonyl (C=O) groups is 1. The highest BCUT2D eigenvalue weighted by Crippen LogP contribution is 2.26. The second-order valence-electron chi connectivity index (χ2n) is 7.45. The minimum absolute atomic E-state index is 0.308. The van der Waals surface area contributed by atoms with Crippen LogP contribution in [0.3, 0.4) is 0 Å². The zero-order valence-corrected chi connectivity index (χ0v) is 14.8. The molecule has 23 heavy (non-hydrogen) atoms. The number of rotatable bonds is 4. The van der Waals surface area contributed by atoms with Gasteiger partial charge in [0.15, 0.2) is 0 Å². The van der Waals surface area contributed by atoms with Crippen molar-refractivity contribution in [2.45, 2.75) is 52.2 Å². The molecule has 0 aliphatic carbocycles. The number of benzene rings is 1. The highest BCUT2D eigenvalue weighted by molar-refractivity contribution is 5.67. The normalized spacial score (nSPS) is 18.4. The van der Waals surface area contributed by atoms with Gasteiger partial charge in [-0.05, 0) is 65.1 Å². The molecule has 1 unspecified atom stereocenters. The Balaban J connectivity index is 1.73. The van der Waals surface area contributed by atoms with Gasteiger partial charge in [-0.15, -0.1) is 0 Å². The molecular formula is C19H30N2O2. The molecule has 1 aliphatic heterocycles. The summed E-state index contributed by atoms with van der Waals surface area (Å²) in [6.45, 7) is 10.8. The van der Waals surface area contributed by atoms with E-state index < -0.39 is 5.60 Å². The summed E-state index contributed by atoms with van der Waals surface area (Å²) in [5.41, 5.74) is 0.941. The monoisotopic (exact) mass is 318 g/mol. The minimum Gasteiger partial charge on any atom is -0.444 e. The van der Waals surface area contributed by atoms with Crippen molar-refractivity contribution in [3.63, 3.8) is 0 Å². The molecule has 0 spiro atoms. The third-order valence-corrected chi connectivity index (χ3v) is 4.41. The summed E-state index contributed by atoms with van der Waals surface area (Å²) < 4.78 is 5.29. The quantitative estimate of drug-likeness (QED) is 0.913. The topological polar surface area (TPSA) is 41.6 Å². The number of alkyl carbamates (subject to hydrolysis) is 1. The van der Waals surface area contributed by atoms with Crippen LogP contribution >= 0.6 is 0 Å². The van der Waals surface area contributed by atoms with Crippen molar-refractivity contribution in [2.75, 3.05) is 19.6 Å². The highest BCUT2D eigenvalue weighted by atomic mass is 16.6. The molecule has 2 rings (SSSR count). The smallest absolute Gasteiger partial charge is 0.407 e. The summed E-state index contributed by atoms with van der Waals surface area (Å²) in [7, 11) is 0. The molecule has 128 valence electrons. The molecule has 0 saturated carbocycles. The Bertz CT molecular complexity index is 488. The molecule has 0 aromatic heterocycles. The first-order chi connectivity index (χ1) is 10.8. The molecule has 1 aromatic carbocycles. The predicted molar refractivity (Wildman–Crippen MR) is 93.4 cm³/mol. The number of ether oxygens (including phenoxy) is 1. The Hall–Kier alpha value is -1.55. The average molecular weight is 318 g/mol. The number of hydrogen-bond acceptors (Lipinski definition) is 3. The molecular weight excluding hydrogens is 288 g/mol. The van der Waals surface area contributed by atoms with Crippen LogP contribution in [0.15, 0.2) is 30.3 Å². The van der Waals surface area contributed by atoms with Crippen LogP contribution in [0.4, 0.5) is 4.79 Å². The lowest BCUT2D eigenvalue weighted by atomic mass is 9.94. The first-order valence-electron chi connectivity index (χ1n) is 8.61. The van der Waals surface area contributed by atoms with Crippen LogP contribution in [0.25, 0.3) is 0 Å². The molecule has 1 N–H and O–H groups in total. The summed E-state index contributed by atoms with van der Waals surface area (Å²) in [5.74, 6) is 0.543. The van der Waals surface area contributed by atoms with Crippen molar-refractivity contribution in [1.82, 2.24) is 10.2 Å². The number of nitrogens with one attached hydrogen (secondary N) is 1. The second-order valence-corrected chi connectivity index (χ2v) is 7.45. The Kier molecular flexibility index (Phi) is 6.05. The first kappa shape index (κ1) is 17.8. The van der Waals surface area contributed by atoms with Crippen LogP contribution in [0.1, 0.15) is 52.1 Å². The van der Waals surface area contributed by atoms with Crippen molar-refractivity contribution in [1.29, 1.82) is 0 Å². The van der Waals surface area contributed by atoms with Crippen LogP contribution in [0.2, 0.25) is 0 Å². The molecule has 1 heterocycles. The molecule has 1 aliphatic rings. The number of likely N-dealkylation sites (tertiary alicyclic amines) is 1. The standard InChI is InChI=1S/C19H30N2O2/c1-15(17-8-6-5-7-9-17)21-12-10-16(11-13-21)14-20-18(22)23-19(2,3)4/h5-9,15-16H,10-14H2,1-4H3,(H,20,22). The first-order valence-corrected chi connectivity index (χ1v) is 8.61. The molecule has 0 radical (unpaired) electrons. The average Bonchev–Trinajstić information content (AvgIpc) is 2.52. The van der Waals surface area contributed by atoms with Gasteiger partial charge in [0, 0.05) is 12.6 Å². The fourth-order valence-corrected chi connectivity index (χ4v) is 3.03. The van der Waals surface area contributed by atoms with Gasteiger partial charge < -0.3 is 10.1 Å². The van der Waals surface area contributed by atoms with Crippen molar-refractivity contribution in [3.05, 3.63) is 35.9 Å². The van der Waals surface area contributed by atoms with E-state index in [1.807, 2.05) is 20.8 Å². The lowest BCUT2D eigenvalue weighted by molar-refractivity contribution is 0.0506. The number of nitrogens with zero attached hydrogens (tertiary/aromatic N) is 1. The van der Waals surface area contributed by atoms with Gasteiger partial charge in [0.25, 0.3) is 0 Å². The minimum atomic E-state index is -0.432.